The summed E-state index contributed by atoms with van der Waals surface area (Å²) < 4.78 is 15.6. The van der Waals surface area contributed by atoms with E-state index in [0.29, 0.717) is 41.9 Å². The molecule has 0 atom stereocenters. The minimum atomic E-state index is -0.963. The number of carbonyl (C=O) groups excluding carboxylic acids is 4. The first-order chi connectivity index (χ1) is 14.8. The van der Waals surface area contributed by atoms with Crippen molar-refractivity contribution in [2.75, 3.05) is 19.8 Å². The molecule has 1 saturated heterocycles. The quantitative estimate of drug-likeness (QED) is 0.471. The highest BCUT2D eigenvalue weighted by molar-refractivity contribution is 6.08. The topological polar surface area (TPSA) is 123 Å². The Morgan fingerprint density at radius 2 is 1.77 bits per heavy atom. The van der Waals surface area contributed by atoms with E-state index in [-0.39, 0.29) is 0 Å². The summed E-state index contributed by atoms with van der Waals surface area (Å²) in [6, 6.07) is 6.16. The zero-order valence-corrected chi connectivity index (χ0v) is 17.6. The van der Waals surface area contributed by atoms with Gasteiger partial charge in [0.25, 0.3) is 11.8 Å². The van der Waals surface area contributed by atoms with Gasteiger partial charge in [-0.1, -0.05) is 19.1 Å². The Kier molecular flexibility index (Phi) is 6.98. The van der Waals surface area contributed by atoms with Crippen LogP contribution < -0.4 is 20.2 Å². The average molecular weight is 433 g/mol. The Balaban J connectivity index is 1.45. The van der Waals surface area contributed by atoms with Crippen LogP contribution in [0.25, 0.3) is 0 Å². The molecule has 1 heterocycles. The Hall–Kier alpha value is -3.30. The number of amides is 4. The number of ether oxygens (including phenoxy) is 3. The molecule has 0 radical (unpaired) electrons. The molecule has 10 nitrogen and oxygen atoms in total. The van der Waals surface area contributed by atoms with Gasteiger partial charge in [0.05, 0.1) is 6.61 Å². The molecule has 0 unspecified atom stereocenters. The van der Waals surface area contributed by atoms with Crippen LogP contribution in [0.1, 0.15) is 39.5 Å². The molecule has 2 fully saturated rings. The van der Waals surface area contributed by atoms with Gasteiger partial charge in [-0.05, 0) is 50.7 Å². The summed E-state index contributed by atoms with van der Waals surface area (Å²) in [6.07, 6.45) is 2.69. The number of hydrazine groups is 1. The number of para-hydroxylation sites is 2. The maximum absolute atomic E-state index is 12.7. The van der Waals surface area contributed by atoms with Gasteiger partial charge in [-0.3, -0.25) is 15.0 Å². The minimum Gasteiger partial charge on any atom is -0.490 e. The lowest BCUT2D eigenvalue weighted by atomic mass is 9.77. The van der Waals surface area contributed by atoms with Crippen LogP contribution in [0.5, 0.6) is 11.5 Å². The van der Waals surface area contributed by atoms with Crippen LogP contribution >= 0.6 is 0 Å². The van der Waals surface area contributed by atoms with Crippen LogP contribution in [0.3, 0.4) is 0 Å². The van der Waals surface area contributed by atoms with E-state index in [1.54, 1.807) is 24.3 Å². The van der Waals surface area contributed by atoms with Gasteiger partial charge in [-0.2, -0.15) is 5.01 Å². The van der Waals surface area contributed by atoms with E-state index in [0.717, 1.165) is 12.8 Å². The second-order valence-electron chi connectivity index (χ2n) is 7.70. The molecular weight excluding hydrogens is 406 g/mol. The number of benzene rings is 1. The van der Waals surface area contributed by atoms with Gasteiger partial charge >= 0.3 is 12.0 Å². The van der Waals surface area contributed by atoms with E-state index < -0.39 is 42.6 Å². The van der Waals surface area contributed by atoms with Crippen LogP contribution in [0, 0.1) is 5.92 Å². The fraction of sp³-hybridized carbons (Fsp3) is 0.524. The SMILES string of the molecule is CCOc1ccccc1OCC(=O)OCC(=O)NN1C(=O)NC2(CCC(C)CC2)C1=O. The van der Waals surface area contributed by atoms with Crippen LogP contribution in [0.2, 0.25) is 0 Å². The summed E-state index contributed by atoms with van der Waals surface area (Å²) in [5.74, 6) is -0.720. The average Bonchev–Trinajstić information content (AvgIpc) is 2.98. The molecule has 0 bridgehead atoms. The fourth-order valence-electron chi connectivity index (χ4n) is 3.64. The van der Waals surface area contributed by atoms with Gasteiger partial charge in [-0.15, -0.1) is 0 Å². The largest absolute Gasteiger partial charge is 0.490 e. The predicted octanol–water partition coefficient (Wildman–Crippen LogP) is 1.54. The molecule has 1 saturated carbocycles. The van der Waals surface area contributed by atoms with Gasteiger partial charge < -0.3 is 19.5 Å². The van der Waals surface area contributed by atoms with Crippen molar-refractivity contribution < 1.29 is 33.4 Å². The molecule has 1 aromatic carbocycles. The normalized spacial score (nSPS) is 22.8. The molecule has 4 amide bonds. The maximum Gasteiger partial charge on any atom is 0.344 e. The molecule has 1 aliphatic heterocycles. The fourth-order valence-corrected chi connectivity index (χ4v) is 3.64. The van der Waals surface area contributed by atoms with Gasteiger partial charge in [0.1, 0.15) is 5.54 Å². The standard InChI is InChI=1S/C21H27N3O7/c1-3-29-15-6-4-5-7-16(15)30-13-18(26)31-12-17(25)23-24-19(27)21(22-20(24)28)10-8-14(2)9-11-21/h4-7,14H,3,8-13H2,1-2H3,(H,22,28)(H,23,25). The van der Waals surface area contributed by atoms with Crippen molar-refractivity contribution >= 4 is 23.8 Å². The van der Waals surface area contributed by atoms with Crippen molar-refractivity contribution in [3.63, 3.8) is 0 Å². The van der Waals surface area contributed by atoms with Crippen molar-refractivity contribution in [3.05, 3.63) is 24.3 Å². The first kappa shape index (κ1) is 22.4. The molecule has 2 N–H and O–H groups in total. The van der Waals surface area contributed by atoms with Gasteiger partial charge in [0.2, 0.25) is 0 Å². The van der Waals surface area contributed by atoms with E-state index >= 15 is 0 Å². The Bertz CT molecular complexity index is 849. The number of imide groups is 1. The third-order valence-electron chi connectivity index (χ3n) is 5.38. The number of nitrogens with zero attached hydrogens (tertiary/aromatic N) is 1. The molecule has 1 spiro atoms. The molecule has 168 valence electrons. The molecule has 1 aliphatic carbocycles. The second-order valence-corrected chi connectivity index (χ2v) is 7.70. The summed E-state index contributed by atoms with van der Waals surface area (Å²) >= 11 is 0. The van der Waals surface area contributed by atoms with Crippen molar-refractivity contribution in [3.8, 4) is 11.5 Å². The minimum absolute atomic E-state index is 0.372. The summed E-state index contributed by atoms with van der Waals surface area (Å²) in [4.78, 5) is 48.9. The molecule has 2 aliphatic rings. The number of urea groups is 1. The molecular formula is C21H27N3O7. The lowest BCUT2D eigenvalue weighted by molar-refractivity contribution is -0.152. The van der Waals surface area contributed by atoms with E-state index in [1.807, 2.05) is 6.92 Å². The van der Waals surface area contributed by atoms with Gasteiger partial charge in [0, 0.05) is 0 Å². The smallest absolute Gasteiger partial charge is 0.344 e. The number of carbonyl (C=O) groups is 4. The van der Waals surface area contributed by atoms with E-state index in [2.05, 4.69) is 17.7 Å². The van der Waals surface area contributed by atoms with Crippen LogP contribution in [0.4, 0.5) is 4.79 Å². The number of esters is 1. The lowest BCUT2D eigenvalue weighted by Crippen LogP contribution is -2.52. The van der Waals surface area contributed by atoms with Crippen LogP contribution in [-0.4, -0.2) is 54.2 Å². The number of rotatable bonds is 8. The zero-order chi connectivity index (χ0) is 22.4. The second kappa shape index (κ2) is 9.67. The molecule has 31 heavy (non-hydrogen) atoms. The first-order valence-corrected chi connectivity index (χ1v) is 10.3. The van der Waals surface area contributed by atoms with E-state index in [1.165, 1.54) is 0 Å². The maximum atomic E-state index is 12.7. The summed E-state index contributed by atoms with van der Waals surface area (Å²) in [5.41, 5.74) is 1.25. The summed E-state index contributed by atoms with van der Waals surface area (Å²) in [5, 5.41) is 3.36. The van der Waals surface area contributed by atoms with Crippen molar-refractivity contribution in [1.29, 1.82) is 0 Å². The highest BCUT2D eigenvalue weighted by Crippen LogP contribution is 2.35. The first-order valence-electron chi connectivity index (χ1n) is 10.3. The van der Waals surface area contributed by atoms with Crippen molar-refractivity contribution in [2.45, 2.75) is 45.1 Å². The zero-order valence-electron chi connectivity index (χ0n) is 17.6. The summed E-state index contributed by atoms with van der Waals surface area (Å²) in [7, 11) is 0. The Labute approximate surface area is 180 Å². The summed E-state index contributed by atoms with van der Waals surface area (Å²) in [6.45, 7) is 3.28. The van der Waals surface area contributed by atoms with Gasteiger partial charge in [-0.25, -0.2) is 9.59 Å². The monoisotopic (exact) mass is 433 g/mol. The Morgan fingerprint density at radius 3 is 2.42 bits per heavy atom. The van der Waals surface area contributed by atoms with Crippen LogP contribution in [0.15, 0.2) is 24.3 Å². The third kappa shape index (κ3) is 5.25. The highest BCUT2D eigenvalue weighted by Gasteiger charge is 2.52. The molecule has 1 aromatic rings. The van der Waals surface area contributed by atoms with Gasteiger partial charge in [0.15, 0.2) is 24.7 Å². The Morgan fingerprint density at radius 1 is 1.13 bits per heavy atom. The predicted molar refractivity (Wildman–Crippen MR) is 108 cm³/mol. The molecule has 0 aromatic heterocycles. The number of hydrogen-bond donors (Lipinski definition) is 2. The lowest BCUT2D eigenvalue weighted by Gasteiger charge is -2.33. The molecule has 3 rings (SSSR count). The molecule has 10 heteroatoms. The number of hydrogen-bond acceptors (Lipinski definition) is 7. The van der Waals surface area contributed by atoms with Crippen molar-refractivity contribution in [1.82, 2.24) is 15.8 Å². The third-order valence-corrected chi connectivity index (χ3v) is 5.38. The number of nitrogens with one attached hydrogen (secondary N) is 2. The van der Waals surface area contributed by atoms with Crippen LogP contribution in [-0.2, 0) is 19.1 Å². The highest BCUT2D eigenvalue weighted by atomic mass is 16.6. The van der Waals surface area contributed by atoms with E-state index in [9.17, 15) is 19.2 Å². The van der Waals surface area contributed by atoms with Crippen molar-refractivity contribution in [2.24, 2.45) is 5.92 Å². The van der Waals surface area contributed by atoms with E-state index in [4.69, 9.17) is 14.2 Å².